The third kappa shape index (κ3) is 2.36. The summed E-state index contributed by atoms with van der Waals surface area (Å²) < 4.78 is 15.6. The molecule has 1 heterocycles. The molecular formula is C13H16FN3. The molecule has 90 valence electrons. The first kappa shape index (κ1) is 11.8. The van der Waals surface area contributed by atoms with Crippen LogP contribution in [0.1, 0.15) is 17.0 Å². The fourth-order valence-corrected chi connectivity index (χ4v) is 1.92. The van der Waals surface area contributed by atoms with E-state index in [2.05, 4.69) is 5.10 Å². The lowest BCUT2D eigenvalue weighted by molar-refractivity contribution is 0.605. The lowest BCUT2D eigenvalue weighted by Crippen LogP contribution is -2.06. The molecule has 0 atom stereocenters. The van der Waals surface area contributed by atoms with Crippen LogP contribution >= 0.6 is 0 Å². The van der Waals surface area contributed by atoms with E-state index in [9.17, 15) is 4.39 Å². The molecule has 0 spiro atoms. The highest BCUT2D eigenvalue weighted by Crippen LogP contribution is 2.17. The molecule has 0 fully saturated rings. The van der Waals surface area contributed by atoms with Crippen LogP contribution in [0.3, 0.4) is 0 Å². The number of aromatic nitrogens is 2. The molecule has 0 bridgehead atoms. The van der Waals surface area contributed by atoms with Crippen LogP contribution in [0.15, 0.2) is 24.3 Å². The van der Waals surface area contributed by atoms with E-state index in [1.54, 1.807) is 10.7 Å². The average molecular weight is 233 g/mol. The molecule has 0 amide bonds. The highest BCUT2D eigenvalue weighted by atomic mass is 19.1. The summed E-state index contributed by atoms with van der Waals surface area (Å²) in [4.78, 5) is 0. The number of halogens is 1. The normalized spacial score (nSPS) is 10.8. The summed E-state index contributed by atoms with van der Waals surface area (Å²) in [7, 11) is 0. The highest BCUT2D eigenvalue weighted by Gasteiger charge is 2.09. The Balaban J connectivity index is 2.43. The van der Waals surface area contributed by atoms with Gasteiger partial charge in [-0.25, -0.2) is 9.07 Å². The maximum atomic E-state index is 13.9. The first-order valence-corrected chi connectivity index (χ1v) is 5.64. The van der Waals surface area contributed by atoms with Crippen LogP contribution in [0.4, 0.5) is 4.39 Å². The molecule has 0 saturated heterocycles. The SMILES string of the molecule is Cc1cc(C)n(-c2ccc(CCN)cc2F)n1. The van der Waals surface area contributed by atoms with E-state index in [1.165, 1.54) is 6.07 Å². The number of aryl methyl sites for hydroxylation is 2. The topological polar surface area (TPSA) is 43.8 Å². The molecule has 0 aliphatic carbocycles. The maximum Gasteiger partial charge on any atom is 0.149 e. The largest absolute Gasteiger partial charge is 0.330 e. The molecule has 2 rings (SSSR count). The molecule has 1 aromatic heterocycles. The third-order valence-corrected chi connectivity index (χ3v) is 2.68. The number of benzene rings is 1. The third-order valence-electron chi connectivity index (χ3n) is 2.68. The highest BCUT2D eigenvalue weighted by molar-refractivity contribution is 5.37. The fraction of sp³-hybridized carbons (Fsp3) is 0.308. The number of hydrogen-bond donors (Lipinski definition) is 1. The van der Waals surface area contributed by atoms with E-state index in [-0.39, 0.29) is 5.82 Å². The predicted octanol–water partition coefficient (Wildman–Crippen LogP) is 2.13. The molecular weight excluding hydrogens is 217 g/mol. The van der Waals surface area contributed by atoms with E-state index >= 15 is 0 Å². The Hall–Kier alpha value is -1.68. The van der Waals surface area contributed by atoms with Gasteiger partial charge in [-0.1, -0.05) is 6.07 Å². The van der Waals surface area contributed by atoms with E-state index in [1.807, 2.05) is 26.0 Å². The zero-order chi connectivity index (χ0) is 12.4. The predicted molar refractivity (Wildman–Crippen MR) is 65.8 cm³/mol. The van der Waals surface area contributed by atoms with Crippen molar-refractivity contribution in [2.24, 2.45) is 5.73 Å². The van der Waals surface area contributed by atoms with Gasteiger partial charge < -0.3 is 5.73 Å². The van der Waals surface area contributed by atoms with Crippen LogP contribution in [-0.4, -0.2) is 16.3 Å². The van der Waals surface area contributed by atoms with E-state index < -0.39 is 0 Å². The van der Waals surface area contributed by atoms with Crippen molar-refractivity contribution in [1.82, 2.24) is 9.78 Å². The van der Waals surface area contributed by atoms with Crippen molar-refractivity contribution in [2.45, 2.75) is 20.3 Å². The smallest absolute Gasteiger partial charge is 0.149 e. The van der Waals surface area contributed by atoms with Gasteiger partial charge in [-0.2, -0.15) is 5.10 Å². The molecule has 2 aromatic rings. The van der Waals surface area contributed by atoms with Crippen molar-refractivity contribution in [3.63, 3.8) is 0 Å². The number of nitrogens with zero attached hydrogens (tertiary/aromatic N) is 2. The molecule has 4 heteroatoms. The Bertz CT molecular complexity index is 531. The van der Waals surface area contributed by atoms with Crippen molar-refractivity contribution in [1.29, 1.82) is 0 Å². The molecule has 0 radical (unpaired) electrons. The monoisotopic (exact) mass is 233 g/mol. The maximum absolute atomic E-state index is 13.9. The van der Waals surface area contributed by atoms with Gasteiger partial charge in [0.15, 0.2) is 0 Å². The van der Waals surface area contributed by atoms with Crippen LogP contribution < -0.4 is 5.73 Å². The van der Waals surface area contributed by atoms with Crippen molar-refractivity contribution in [2.75, 3.05) is 6.54 Å². The Kier molecular flexibility index (Phi) is 3.24. The van der Waals surface area contributed by atoms with Gasteiger partial charge in [0.25, 0.3) is 0 Å². The van der Waals surface area contributed by atoms with Crippen molar-refractivity contribution >= 4 is 0 Å². The zero-order valence-electron chi connectivity index (χ0n) is 10.1. The van der Waals surface area contributed by atoms with Gasteiger partial charge >= 0.3 is 0 Å². The van der Waals surface area contributed by atoms with Gasteiger partial charge in [0, 0.05) is 5.69 Å². The average Bonchev–Trinajstić information content (AvgIpc) is 2.58. The minimum absolute atomic E-state index is 0.262. The Morgan fingerprint density at radius 3 is 2.59 bits per heavy atom. The summed E-state index contributed by atoms with van der Waals surface area (Å²) >= 11 is 0. The number of hydrogen-bond acceptors (Lipinski definition) is 2. The molecule has 1 aromatic carbocycles. The molecule has 17 heavy (non-hydrogen) atoms. The van der Waals surface area contributed by atoms with Gasteiger partial charge in [-0.05, 0) is 50.6 Å². The molecule has 0 saturated carbocycles. The minimum atomic E-state index is -0.262. The van der Waals surface area contributed by atoms with Crippen LogP contribution in [0.5, 0.6) is 0 Å². The second-order valence-electron chi connectivity index (χ2n) is 4.16. The number of nitrogens with two attached hydrogens (primary N) is 1. The summed E-state index contributed by atoms with van der Waals surface area (Å²) in [5.74, 6) is -0.262. The standard InChI is InChI=1S/C13H16FN3/c1-9-7-10(2)17(16-9)13-4-3-11(5-6-15)8-12(13)14/h3-4,7-8H,5-6,15H2,1-2H3. The summed E-state index contributed by atoms with van der Waals surface area (Å²) in [6, 6.07) is 7.09. The first-order valence-electron chi connectivity index (χ1n) is 5.64. The summed E-state index contributed by atoms with van der Waals surface area (Å²) in [5.41, 5.74) is 8.65. The second-order valence-corrected chi connectivity index (χ2v) is 4.16. The zero-order valence-corrected chi connectivity index (χ0v) is 10.1. The van der Waals surface area contributed by atoms with Crippen LogP contribution in [0, 0.1) is 19.7 Å². The van der Waals surface area contributed by atoms with Crippen LogP contribution in [0.25, 0.3) is 5.69 Å². The fourth-order valence-electron chi connectivity index (χ4n) is 1.92. The second kappa shape index (κ2) is 4.67. The van der Waals surface area contributed by atoms with E-state index in [4.69, 9.17) is 5.73 Å². The van der Waals surface area contributed by atoms with Gasteiger partial charge in [0.05, 0.1) is 5.69 Å². The van der Waals surface area contributed by atoms with E-state index in [0.717, 1.165) is 17.0 Å². The van der Waals surface area contributed by atoms with E-state index in [0.29, 0.717) is 18.7 Å². The van der Waals surface area contributed by atoms with Gasteiger partial charge in [0.1, 0.15) is 11.5 Å². The van der Waals surface area contributed by atoms with Gasteiger partial charge in [0.2, 0.25) is 0 Å². The molecule has 2 N–H and O–H groups in total. The van der Waals surface area contributed by atoms with Crippen molar-refractivity contribution in [3.05, 3.63) is 47.0 Å². The summed E-state index contributed by atoms with van der Waals surface area (Å²) in [6.45, 7) is 4.33. The van der Waals surface area contributed by atoms with Gasteiger partial charge in [-0.3, -0.25) is 0 Å². The van der Waals surface area contributed by atoms with Crippen molar-refractivity contribution in [3.8, 4) is 5.69 Å². The lowest BCUT2D eigenvalue weighted by Gasteiger charge is -2.07. The summed E-state index contributed by atoms with van der Waals surface area (Å²) in [6.07, 6.45) is 0.689. The van der Waals surface area contributed by atoms with Gasteiger partial charge in [-0.15, -0.1) is 0 Å². The number of rotatable bonds is 3. The van der Waals surface area contributed by atoms with Crippen molar-refractivity contribution < 1.29 is 4.39 Å². The van der Waals surface area contributed by atoms with Crippen LogP contribution in [0.2, 0.25) is 0 Å². The quantitative estimate of drug-likeness (QED) is 0.882. The van der Waals surface area contributed by atoms with Crippen LogP contribution in [-0.2, 0) is 6.42 Å². The molecule has 0 aliphatic heterocycles. The summed E-state index contributed by atoms with van der Waals surface area (Å²) in [5, 5.41) is 4.27. The Morgan fingerprint density at radius 2 is 2.06 bits per heavy atom. The minimum Gasteiger partial charge on any atom is -0.330 e. The Morgan fingerprint density at radius 1 is 1.29 bits per heavy atom. The lowest BCUT2D eigenvalue weighted by atomic mass is 10.1. The molecule has 0 unspecified atom stereocenters. The Labute approximate surface area is 100 Å². The first-order chi connectivity index (χ1) is 8.11. The molecule has 0 aliphatic rings. The molecule has 3 nitrogen and oxygen atoms in total.